The summed E-state index contributed by atoms with van der Waals surface area (Å²) < 4.78 is 9.32. The van der Waals surface area contributed by atoms with Crippen molar-refractivity contribution in [2.45, 2.75) is 17.6 Å². The van der Waals surface area contributed by atoms with Gasteiger partial charge in [0.05, 0.1) is 26.0 Å². The zero-order chi connectivity index (χ0) is 18.9. The summed E-state index contributed by atoms with van der Waals surface area (Å²) in [5, 5.41) is 2.98. The Labute approximate surface area is 157 Å². The number of hydrogen-bond acceptors (Lipinski definition) is 6. The van der Waals surface area contributed by atoms with E-state index in [0.29, 0.717) is 5.69 Å². The SMILES string of the molecule is COC(=O)/C=C(/Nc1ccccc1SCc1cccc(C)c1)C(=O)OC. The van der Waals surface area contributed by atoms with E-state index in [4.69, 9.17) is 4.74 Å². The Bertz CT molecular complexity index is 817. The predicted molar refractivity (Wildman–Crippen MR) is 103 cm³/mol. The molecule has 0 heterocycles. The van der Waals surface area contributed by atoms with Gasteiger partial charge in [-0.1, -0.05) is 42.0 Å². The summed E-state index contributed by atoms with van der Waals surface area (Å²) in [5.74, 6) is -0.494. The normalized spacial score (nSPS) is 11.0. The number of carbonyl (C=O) groups is 2. The number of rotatable bonds is 7. The number of para-hydroxylation sites is 1. The van der Waals surface area contributed by atoms with Crippen LogP contribution in [-0.2, 0) is 24.8 Å². The fourth-order valence-corrected chi connectivity index (χ4v) is 3.19. The highest BCUT2D eigenvalue weighted by Crippen LogP contribution is 2.31. The van der Waals surface area contributed by atoms with Crippen LogP contribution in [0.15, 0.2) is 65.2 Å². The quantitative estimate of drug-likeness (QED) is 0.452. The number of aryl methyl sites for hydroxylation is 1. The van der Waals surface area contributed by atoms with Gasteiger partial charge in [-0.2, -0.15) is 0 Å². The molecule has 0 unspecified atom stereocenters. The molecule has 6 heteroatoms. The number of thioether (sulfide) groups is 1. The van der Waals surface area contributed by atoms with E-state index in [-0.39, 0.29) is 5.70 Å². The zero-order valence-electron chi connectivity index (χ0n) is 14.9. The third-order valence-electron chi connectivity index (χ3n) is 3.50. The molecule has 0 aliphatic rings. The van der Waals surface area contributed by atoms with E-state index in [1.54, 1.807) is 11.8 Å². The van der Waals surface area contributed by atoms with Gasteiger partial charge in [-0.05, 0) is 24.6 Å². The molecular weight excluding hydrogens is 350 g/mol. The van der Waals surface area contributed by atoms with E-state index in [1.807, 2.05) is 30.3 Å². The fraction of sp³-hybridized carbons (Fsp3) is 0.200. The molecule has 0 fully saturated rings. The molecule has 0 aromatic heterocycles. The molecular formula is C20H21NO4S. The first-order chi connectivity index (χ1) is 12.5. The fourth-order valence-electron chi connectivity index (χ4n) is 2.24. The van der Waals surface area contributed by atoms with Gasteiger partial charge in [0.1, 0.15) is 5.70 Å². The largest absolute Gasteiger partial charge is 0.466 e. The predicted octanol–water partition coefficient (Wildman–Crippen LogP) is 3.93. The first-order valence-electron chi connectivity index (χ1n) is 7.96. The van der Waals surface area contributed by atoms with Crippen molar-refractivity contribution in [1.82, 2.24) is 0 Å². The van der Waals surface area contributed by atoms with Crippen LogP contribution < -0.4 is 5.32 Å². The van der Waals surface area contributed by atoms with Crippen LogP contribution in [-0.4, -0.2) is 26.2 Å². The van der Waals surface area contributed by atoms with Crippen molar-refractivity contribution in [2.75, 3.05) is 19.5 Å². The molecule has 26 heavy (non-hydrogen) atoms. The molecule has 0 radical (unpaired) electrons. The molecule has 0 bridgehead atoms. The molecule has 136 valence electrons. The van der Waals surface area contributed by atoms with Gasteiger partial charge in [0, 0.05) is 10.6 Å². The zero-order valence-corrected chi connectivity index (χ0v) is 15.8. The van der Waals surface area contributed by atoms with Gasteiger partial charge in [0.25, 0.3) is 0 Å². The maximum absolute atomic E-state index is 11.9. The van der Waals surface area contributed by atoms with Crippen LogP contribution in [0.2, 0.25) is 0 Å². The van der Waals surface area contributed by atoms with Crippen LogP contribution in [0.4, 0.5) is 5.69 Å². The smallest absolute Gasteiger partial charge is 0.354 e. The summed E-state index contributed by atoms with van der Waals surface area (Å²) >= 11 is 1.64. The number of carbonyl (C=O) groups excluding carboxylic acids is 2. The number of nitrogens with one attached hydrogen (secondary N) is 1. The molecule has 0 spiro atoms. The van der Waals surface area contributed by atoms with E-state index in [2.05, 4.69) is 35.2 Å². The third kappa shape index (κ3) is 5.67. The lowest BCUT2D eigenvalue weighted by Gasteiger charge is -2.13. The second-order valence-corrected chi connectivity index (χ2v) is 6.49. The average Bonchev–Trinajstić information content (AvgIpc) is 2.66. The number of methoxy groups -OCH3 is 2. The van der Waals surface area contributed by atoms with Gasteiger partial charge in [-0.15, -0.1) is 11.8 Å². The highest BCUT2D eigenvalue weighted by atomic mass is 32.2. The number of esters is 2. The number of ether oxygens (including phenoxy) is 2. The highest BCUT2D eigenvalue weighted by molar-refractivity contribution is 7.98. The van der Waals surface area contributed by atoms with Gasteiger partial charge < -0.3 is 14.8 Å². The van der Waals surface area contributed by atoms with E-state index in [9.17, 15) is 9.59 Å². The third-order valence-corrected chi connectivity index (χ3v) is 4.65. The Hall–Kier alpha value is -2.73. The molecule has 5 nitrogen and oxygen atoms in total. The molecule has 2 rings (SSSR count). The molecule has 0 saturated heterocycles. The van der Waals surface area contributed by atoms with Gasteiger partial charge in [-0.25, -0.2) is 9.59 Å². The van der Waals surface area contributed by atoms with Gasteiger partial charge in [0.15, 0.2) is 0 Å². The summed E-state index contributed by atoms with van der Waals surface area (Å²) in [6, 6.07) is 15.9. The van der Waals surface area contributed by atoms with Crippen LogP contribution in [0.25, 0.3) is 0 Å². The van der Waals surface area contributed by atoms with Crippen molar-refractivity contribution in [1.29, 1.82) is 0 Å². The average molecular weight is 371 g/mol. The van der Waals surface area contributed by atoms with Crippen molar-refractivity contribution in [2.24, 2.45) is 0 Å². The van der Waals surface area contributed by atoms with Crippen LogP contribution in [0.1, 0.15) is 11.1 Å². The number of benzene rings is 2. The first-order valence-corrected chi connectivity index (χ1v) is 8.94. The lowest BCUT2D eigenvalue weighted by atomic mass is 10.2. The van der Waals surface area contributed by atoms with Crippen LogP contribution in [0, 0.1) is 6.92 Å². The van der Waals surface area contributed by atoms with Crippen molar-refractivity contribution < 1.29 is 19.1 Å². The van der Waals surface area contributed by atoms with E-state index in [0.717, 1.165) is 16.7 Å². The lowest BCUT2D eigenvalue weighted by Crippen LogP contribution is -2.15. The van der Waals surface area contributed by atoms with Crippen LogP contribution in [0.5, 0.6) is 0 Å². The Morgan fingerprint density at radius 1 is 1.08 bits per heavy atom. The molecule has 2 aromatic carbocycles. The second-order valence-electron chi connectivity index (χ2n) is 5.47. The van der Waals surface area contributed by atoms with E-state index < -0.39 is 11.9 Å². The molecule has 1 N–H and O–H groups in total. The Morgan fingerprint density at radius 2 is 1.85 bits per heavy atom. The maximum Gasteiger partial charge on any atom is 0.354 e. The standard InChI is InChI=1S/C20H21NO4S/c1-14-7-6-8-15(11-14)13-26-18-10-5-4-9-16(18)21-17(20(23)25-3)12-19(22)24-2/h4-12,21H,13H2,1-3H3/b17-12+. The topological polar surface area (TPSA) is 64.6 Å². The molecule has 0 amide bonds. The van der Waals surface area contributed by atoms with Crippen LogP contribution in [0.3, 0.4) is 0 Å². The minimum absolute atomic E-state index is 0.0166. The van der Waals surface area contributed by atoms with E-state index in [1.165, 1.54) is 25.3 Å². The number of anilines is 1. The lowest BCUT2D eigenvalue weighted by molar-refractivity contribution is -0.138. The Morgan fingerprint density at radius 3 is 2.54 bits per heavy atom. The summed E-state index contributed by atoms with van der Waals surface area (Å²) in [6.07, 6.45) is 1.08. The van der Waals surface area contributed by atoms with Gasteiger partial charge in [0.2, 0.25) is 0 Å². The Kier molecular flexibility index (Phi) is 7.29. The summed E-state index contributed by atoms with van der Waals surface area (Å²) in [4.78, 5) is 24.4. The second kappa shape index (κ2) is 9.68. The highest BCUT2D eigenvalue weighted by Gasteiger charge is 2.14. The summed E-state index contributed by atoms with van der Waals surface area (Å²) in [6.45, 7) is 2.06. The summed E-state index contributed by atoms with van der Waals surface area (Å²) in [7, 11) is 2.51. The Balaban J connectivity index is 2.20. The molecule has 0 atom stereocenters. The van der Waals surface area contributed by atoms with Crippen molar-refractivity contribution in [3.05, 3.63) is 71.4 Å². The maximum atomic E-state index is 11.9. The molecule has 2 aromatic rings. The van der Waals surface area contributed by atoms with Gasteiger partial charge in [-0.3, -0.25) is 0 Å². The van der Waals surface area contributed by atoms with Crippen molar-refractivity contribution in [3.63, 3.8) is 0 Å². The molecule has 0 aliphatic heterocycles. The first kappa shape index (κ1) is 19.6. The monoisotopic (exact) mass is 371 g/mol. The summed E-state index contributed by atoms with van der Waals surface area (Å²) in [5.41, 5.74) is 3.15. The number of hydrogen-bond donors (Lipinski definition) is 1. The van der Waals surface area contributed by atoms with Gasteiger partial charge >= 0.3 is 11.9 Å². The van der Waals surface area contributed by atoms with E-state index >= 15 is 0 Å². The molecule has 0 saturated carbocycles. The van der Waals surface area contributed by atoms with Crippen molar-refractivity contribution >= 4 is 29.4 Å². The molecule has 0 aliphatic carbocycles. The van der Waals surface area contributed by atoms with Crippen LogP contribution >= 0.6 is 11.8 Å². The van der Waals surface area contributed by atoms with Crippen molar-refractivity contribution in [3.8, 4) is 0 Å². The minimum atomic E-state index is -0.645. The minimum Gasteiger partial charge on any atom is -0.466 e.